The molecule has 1 aromatic heterocycles. The van der Waals surface area contributed by atoms with Crippen molar-refractivity contribution in [3.63, 3.8) is 0 Å². The standard InChI is InChI=1S/C8H5BO/c9-8-5-6-3-1-2-4-7(6)10-8/h1-5H. The molecule has 2 aromatic rings. The quantitative estimate of drug-likeness (QED) is 0.486. The van der Waals surface area contributed by atoms with Crippen LogP contribution in [0, 0.1) is 0 Å². The van der Waals surface area contributed by atoms with Crippen LogP contribution in [0.1, 0.15) is 0 Å². The lowest BCUT2D eigenvalue weighted by Crippen LogP contribution is -1.92. The molecule has 10 heavy (non-hydrogen) atoms. The highest BCUT2D eigenvalue weighted by Crippen LogP contribution is 2.11. The van der Waals surface area contributed by atoms with Gasteiger partial charge in [0.2, 0.25) is 0 Å². The Morgan fingerprint density at radius 1 is 1.20 bits per heavy atom. The summed E-state index contributed by atoms with van der Waals surface area (Å²) in [6.45, 7) is 0. The van der Waals surface area contributed by atoms with E-state index in [1.54, 1.807) is 0 Å². The van der Waals surface area contributed by atoms with Crippen LogP contribution in [0.2, 0.25) is 0 Å². The zero-order valence-electron chi connectivity index (χ0n) is 5.37. The van der Waals surface area contributed by atoms with Gasteiger partial charge in [0.05, 0.1) is 0 Å². The van der Waals surface area contributed by atoms with E-state index >= 15 is 0 Å². The first-order chi connectivity index (χ1) is 4.86. The molecule has 46 valence electrons. The van der Waals surface area contributed by atoms with Crippen LogP contribution in [0.25, 0.3) is 11.0 Å². The Kier molecular flexibility index (Phi) is 1.07. The topological polar surface area (TPSA) is 13.1 Å². The van der Waals surface area contributed by atoms with Gasteiger partial charge in [0.15, 0.2) is 7.85 Å². The third-order valence-electron chi connectivity index (χ3n) is 1.44. The van der Waals surface area contributed by atoms with Gasteiger partial charge in [0.1, 0.15) is 5.58 Å². The molecule has 0 saturated heterocycles. The maximum Gasteiger partial charge on any atom is 0.167 e. The van der Waals surface area contributed by atoms with Gasteiger partial charge in [-0.3, -0.25) is 0 Å². The molecule has 0 amide bonds. The van der Waals surface area contributed by atoms with E-state index in [9.17, 15) is 0 Å². The molecule has 0 aliphatic heterocycles. The van der Waals surface area contributed by atoms with Crippen LogP contribution in [0.4, 0.5) is 0 Å². The lowest BCUT2D eigenvalue weighted by molar-refractivity contribution is 0.653. The van der Waals surface area contributed by atoms with Crippen LogP contribution in [0.15, 0.2) is 34.7 Å². The van der Waals surface area contributed by atoms with Crippen molar-refractivity contribution in [2.75, 3.05) is 0 Å². The summed E-state index contributed by atoms with van der Waals surface area (Å²) in [6, 6.07) is 9.55. The largest absolute Gasteiger partial charge is 0.473 e. The number of hydrogen-bond acceptors (Lipinski definition) is 1. The van der Waals surface area contributed by atoms with E-state index in [2.05, 4.69) is 0 Å². The van der Waals surface area contributed by atoms with Crippen molar-refractivity contribution in [3.05, 3.63) is 30.3 Å². The highest BCUT2D eigenvalue weighted by Gasteiger charge is 1.95. The smallest absolute Gasteiger partial charge is 0.167 e. The van der Waals surface area contributed by atoms with Crippen molar-refractivity contribution in [1.82, 2.24) is 0 Å². The first-order valence-electron chi connectivity index (χ1n) is 3.10. The zero-order chi connectivity index (χ0) is 6.97. The van der Waals surface area contributed by atoms with Crippen LogP contribution in [-0.2, 0) is 0 Å². The fourth-order valence-corrected chi connectivity index (χ4v) is 1.00. The predicted molar refractivity (Wildman–Crippen MR) is 41.6 cm³/mol. The van der Waals surface area contributed by atoms with Crippen LogP contribution >= 0.6 is 0 Å². The molecule has 0 aliphatic carbocycles. The molecule has 2 heteroatoms. The first kappa shape index (κ1) is 5.60. The summed E-state index contributed by atoms with van der Waals surface area (Å²) in [4.78, 5) is 0. The number of hydrogen-bond donors (Lipinski definition) is 0. The third kappa shape index (κ3) is 0.729. The Bertz CT molecular complexity index is 318. The van der Waals surface area contributed by atoms with Gasteiger partial charge in [0, 0.05) is 11.0 Å². The number of para-hydroxylation sites is 1. The Labute approximate surface area is 60.1 Å². The normalized spacial score (nSPS) is 10.4. The zero-order valence-corrected chi connectivity index (χ0v) is 5.37. The highest BCUT2D eigenvalue weighted by atomic mass is 16.3. The van der Waals surface area contributed by atoms with E-state index in [4.69, 9.17) is 12.3 Å². The predicted octanol–water partition coefficient (Wildman–Crippen LogP) is 1.23. The van der Waals surface area contributed by atoms with E-state index in [0.29, 0.717) is 5.66 Å². The molecule has 0 unspecified atom stereocenters. The molecule has 1 nitrogen and oxygen atoms in total. The lowest BCUT2D eigenvalue weighted by atomic mass is 10.1. The summed E-state index contributed by atoms with van der Waals surface area (Å²) in [7, 11) is 5.42. The summed E-state index contributed by atoms with van der Waals surface area (Å²) in [5.41, 5.74) is 1.32. The average molecular weight is 128 g/mol. The van der Waals surface area contributed by atoms with Crippen LogP contribution < -0.4 is 5.66 Å². The Morgan fingerprint density at radius 3 is 2.80 bits per heavy atom. The molecule has 0 aliphatic rings. The molecular formula is C8H5BO. The third-order valence-corrected chi connectivity index (χ3v) is 1.44. The van der Waals surface area contributed by atoms with Gasteiger partial charge in [0.25, 0.3) is 0 Å². The molecule has 1 aromatic carbocycles. The summed E-state index contributed by atoms with van der Waals surface area (Å²) >= 11 is 0. The lowest BCUT2D eigenvalue weighted by Gasteiger charge is -1.82. The fourth-order valence-electron chi connectivity index (χ4n) is 1.00. The van der Waals surface area contributed by atoms with Crippen molar-refractivity contribution < 1.29 is 4.42 Å². The van der Waals surface area contributed by atoms with E-state index in [1.807, 2.05) is 30.3 Å². The molecule has 0 spiro atoms. The minimum atomic E-state index is 0.473. The summed E-state index contributed by atoms with van der Waals surface area (Å²) in [6.07, 6.45) is 0. The SMILES string of the molecule is [B]c1cc2ccccc2o1. The number of benzene rings is 1. The summed E-state index contributed by atoms with van der Waals surface area (Å²) in [5, 5.41) is 1.06. The molecule has 0 N–H and O–H groups in total. The molecule has 2 rings (SSSR count). The van der Waals surface area contributed by atoms with Crippen molar-refractivity contribution in [2.45, 2.75) is 0 Å². The van der Waals surface area contributed by atoms with E-state index in [-0.39, 0.29) is 0 Å². The van der Waals surface area contributed by atoms with Crippen LogP contribution in [-0.4, -0.2) is 7.85 Å². The van der Waals surface area contributed by atoms with Crippen molar-refractivity contribution >= 4 is 24.5 Å². The molecule has 0 fully saturated rings. The Morgan fingerprint density at radius 2 is 2.00 bits per heavy atom. The molecule has 1 heterocycles. The average Bonchev–Trinajstić information content (AvgIpc) is 2.27. The minimum Gasteiger partial charge on any atom is -0.473 e. The number of fused-ring (bicyclic) bond motifs is 1. The Hall–Kier alpha value is -1.18. The molecule has 0 saturated carbocycles. The number of furan rings is 1. The van der Waals surface area contributed by atoms with E-state index in [1.165, 1.54) is 0 Å². The summed E-state index contributed by atoms with van der Waals surface area (Å²) in [5.74, 6) is 0. The van der Waals surface area contributed by atoms with Gasteiger partial charge in [-0.1, -0.05) is 18.2 Å². The first-order valence-corrected chi connectivity index (χ1v) is 3.10. The van der Waals surface area contributed by atoms with Gasteiger partial charge in [-0.05, 0) is 12.1 Å². The fraction of sp³-hybridized carbons (Fsp3) is 0. The second-order valence-electron chi connectivity index (χ2n) is 2.19. The van der Waals surface area contributed by atoms with Gasteiger partial charge in [-0.15, -0.1) is 0 Å². The van der Waals surface area contributed by atoms with Crippen molar-refractivity contribution in [2.24, 2.45) is 0 Å². The van der Waals surface area contributed by atoms with Crippen molar-refractivity contribution in [1.29, 1.82) is 0 Å². The van der Waals surface area contributed by atoms with Gasteiger partial charge >= 0.3 is 0 Å². The molecule has 0 bridgehead atoms. The summed E-state index contributed by atoms with van der Waals surface area (Å²) < 4.78 is 5.15. The minimum absolute atomic E-state index is 0.473. The second kappa shape index (κ2) is 1.91. The number of rotatable bonds is 0. The maximum atomic E-state index is 5.42. The van der Waals surface area contributed by atoms with Gasteiger partial charge < -0.3 is 4.42 Å². The van der Waals surface area contributed by atoms with Crippen LogP contribution in [0.5, 0.6) is 0 Å². The van der Waals surface area contributed by atoms with Gasteiger partial charge in [-0.2, -0.15) is 0 Å². The van der Waals surface area contributed by atoms with E-state index < -0.39 is 0 Å². The molecule has 2 radical (unpaired) electrons. The Balaban J connectivity index is 2.88. The van der Waals surface area contributed by atoms with E-state index in [0.717, 1.165) is 11.0 Å². The van der Waals surface area contributed by atoms with Crippen molar-refractivity contribution in [3.8, 4) is 0 Å². The van der Waals surface area contributed by atoms with Gasteiger partial charge in [-0.25, -0.2) is 0 Å². The van der Waals surface area contributed by atoms with Crippen LogP contribution in [0.3, 0.4) is 0 Å². The molecular weight excluding hydrogens is 123 g/mol. The molecule has 0 atom stereocenters. The maximum absolute atomic E-state index is 5.42. The monoisotopic (exact) mass is 128 g/mol. The second-order valence-corrected chi connectivity index (χ2v) is 2.19. The highest BCUT2D eigenvalue weighted by molar-refractivity contribution is 6.31.